The highest BCUT2D eigenvalue weighted by Gasteiger charge is 2.31. The van der Waals surface area contributed by atoms with Gasteiger partial charge >= 0.3 is 12.4 Å². The van der Waals surface area contributed by atoms with Crippen molar-refractivity contribution in [2.75, 3.05) is 6.26 Å². The molecule has 0 aliphatic rings. The summed E-state index contributed by atoms with van der Waals surface area (Å²) in [6.07, 6.45) is -8.55. The second-order valence-corrected chi connectivity index (χ2v) is 8.26. The first-order valence-corrected chi connectivity index (χ1v) is 10.4. The van der Waals surface area contributed by atoms with Gasteiger partial charge in [0, 0.05) is 6.26 Å². The van der Waals surface area contributed by atoms with Crippen LogP contribution in [0.1, 0.15) is 11.1 Å². The Morgan fingerprint density at radius 1 is 0.719 bits per heavy atom. The van der Waals surface area contributed by atoms with Gasteiger partial charge < -0.3 is 9.47 Å². The molecule has 0 bridgehead atoms. The van der Waals surface area contributed by atoms with Crippen LogP contribution in [0.4, 0.5) is 26.3 Å². The number of aromatic nitrogens is 2. The molecule has 0 N–H and O–H groups in total. The topological polar surface area (TPSA) is 78.4 Å². The van der Waals surface area contributed by atoms with Crippen molar-refractivity contribution in [3.05, 3.63) is 65.7 Å². The summed E-state index contributed by atoms with van der Waals surface area (Å²) in [5.74, 6) is -1.63. The van der Waals surface area contributed by atoms with Crippen molar-refractivity contribution in [1.29, 1.82) is 0 Å². The largest absolute Gasteiger partial charge is 0.439 e. The van der Waals surface area contributed by atoms with Gasteiger partial charge in [0.1, 0.15) is 11.5 Å². The molecule has 0 radical (unpaired) electrons. The quantitative estimate of drug-likeness (QED) is 0.356. The molecule has 0 saturated heterocycles. The molecule has 0 atom stereocenters. The molecule has 0 unspecified atom stereocenters. The third-order valence-corrected chi connectivity index (χ3v) is 4.60. The zero-order valence-corrected chi connectivity index (χ0v) is 16.7. The van der Waals surface area contributed by atoms with Gasteiger partial charge in [-0.1, -0.05) is 12.1 Å². The maximum Gasteiger partial charge on any atom is 0.416 e. The molecule has 0 aliphatic heterocycles. The first-order valence-electron chi connectivity index (χ1n) is 8.51. The number of hydrogen-bond donors (Lipinski definition) is 0. The van der Waals surface area contributed by atoms with E-state index in [1.165, 1.54) is 12.1 Å². The number of sulfone groups is 1. The Kier molecular flexibility index (Phi) is 6.05. The number of rotatable bonds is 5. The number of hydrogen-bond acceptors (Lipinski definition) is 6. The average Bonchev–Trinajstić information content (AvgIpc) is 2.66. The van der Waals surface area contributed by atoms with Crippen molar-refractivity contribution >= 4 is 9.84 Å². The van der Waals surface area contributed by atoms with Gasteiger partial charge in [-0.25, -0.2) is 8.42 Å². The first-order chi connectivity index (χ1) is 14.7. The molecule has 13 heteroatoms. The van der Waals surface area contributed by atoms with Crippen LogP contribution in [0.15, 0.2) is 59.8 Å². The summed E-state index contributed by atoms with van der Waals surface area (Å²) in [5, 5.41) is -0.802. The minimum absolute atomic E-state index is 0.317. The third-order valence-electron chi connectivity index (χ3n) is 3.76. The van der Waals surface area contributed by atoms with E-state index in [4.69, 9.17) is 9.47 Å². The number of nitrogens with zero attached hydrogens (tertiary/aromatic N) is 2. The van der Waals surface area contributed by atoms with Gasteiger partial charge in [0.2, 0.25) is 21.6 Å². The van der Waals surface area contributed by atoms with Crippen molar-refractivity contribution in [2.24, 2.45) is 0 Å². The van der Waals surface area contributed by atoms with Crippen molar-refractivity contribution in [3.63, 3.8) is 0 Å². The summed E-state index contributed by atoms with van der Waals surface area (Å²) in [6, 6.07) is 8.33. The molecule has 0 saturated carbocycles. The Morgan fingerprint density at radius 3 is 1.47 bits per heavy atom. The summed E-state index contributed by atoms with van der Waals surface area (Å²) in [4.78, 5) is 7.26. The summed E-state index contributed by atoms with van der Waals surface area (Å²) >= 11 is 0. The normalized spacial score (nSPS) is 12.5. The molecule has 2 aromatic carbocycles. The van der Waals surface area contributed by atoms with Gasteiger partial charge in [0.15, 0.2) is 0 Å². The van der Waals surface area contributed by atoms with Crippen LogP contribution in [0.5, 0.6) is 23.3 Å². The SMILES string of the molecule is CS(=O)(=O)c1nc(Oc2cccc(C(F)(F)F)c2)cc(Oc2cccc(C(F)(F)F)c2)n1. The predicted molar refractivity (Wildman–Crippen MR) is 98.2 cm³/mol. The maximum atomic E-state index is 12.9. The summed E-state index contributed by atoms with van der Waals surface area (Å²) in [5.41, 5.74) is -2.04. The molecule has 170 valence electrons. The monoisotopic (exact) mass is 478 g/mol. The Morgan fingerprint density at radius 2 is 1.12 bits per heavy atom. The van der Waals surface area contributed by atoms with Gasteiger partial charge in [-0.3, -0.25) is 0 Å². The Hall–Kier alpha value is -3.35. The lowest BCUT2D eigenvalue weighted by molar-refractivity contribution is -0.138. The molecule has 3 aromatic rings. The molecular formula is C19H12F6N2O4S. The second kappa shape index (κ2) is 8.30. The van der Waals surface area contributed by atoms with E-state index in [0.29, 0.717) is 12.1 Å². The molecule has 0 spiro atoms. The third kappa shape index (κ3) is 5.87. The number of ether oxygens (including phenoxy) is 2. The second-order valence-electron chi connectivity index (χ2n) is 6.35. The molecule has 0 aliphatic carbocycles. The fourth-order valence-electron chi connectivity index (χ4n) is 2.37. The zero-order chi connectivity index (χ0) is 23.7. The van der Waals surface area contributed by atoms with E-state index in [-0.39, 0.29) is 11.5 Å². The molecule has 32 heavy (non-hydrogen) atoms. The van der Waals surface area contributed by atoms with Crippen LogP contribution < -0.4 is 9.47 Å². The summed E-state index contributed by atoms with van der Waals surface area (Å²) in [7, 11) is -4.04. The molecule has 1 aromatic heterocycles. The minimum Gasteiger partial charge on any atom is -0.439 e. The molecule has 1 heterocycles. The maximum absolute atomic E-state index is 12.9. The van der Waals surface area contributed by atoms with Crippen LogP contribution >= 0.6 is 0 Å². The summed E-state index contributed by atoms with van der Waals surface area (Å²) < 4.78 is 112. The number of benzene rings is 2. The molecule has 3 rings (SSSR count). The Labute approximate surface area is 177 Å². The molecule has 0 amide bonds. The van der Waals surface area contributed by atoms with Crippen LogP contribution in [-0.2, 0) is 22.2 Å². The van der Waals surface area contributed by atoms with E-state index in [1.54, 1.807) is 0 Å². The highest BCUT2D eigenvalue weighted by atomic mass is 32.2. The first kappa shape index (κ1) is 23.3. The van der Waals surface area contributed by atoms with Crippen LogP contribution in [-0.4, -0.2) is 24.6 Å². The van der Waals surface area contributed by atoms with Gasteiger partial charge in [-0.2, -0.15) is 36.3 Å². The van der Waals surface area contributed by atoms with Crippen molar-refractivity contribution in [3.8, 4) is 23.3 Å². The van der Waals surface area contributed by atoms with E-state index < -0.39 is 50.2 Å². The smallest absolute Gasteiger partial charge is 0.416 e. The fraction of sp³-hybridized carbons (Fsp3) is 0.158. The highest BCUT2D eigenvalue weighted by molar-refractivity contribution is 7.90. The van der Waals surface area contributed by atoms with Crippen molar-refractivity contribution < 1.29 is 44.2 Å². The van der Waals surface area contributed by atoms with E-state index in [2.05, 4.69) is 9.97 Å². The number of alkyl halides is 6. The standard InChI is InChI=1S/C19H12F6N2O4S/c1-32(28,29)17-26-15(30-13-6-2-4-11(8-13)18(20,21)22)10-16(27-17)31-14-7-3-5-12(9-14)19(23,24)25/h2-10H,1H3. The lowest BCUT2D eigenvalue weighted by Crippen LogP contribution is -2.07. The van der Waals surface area contributed by atoms with Gasteiger partial charge in [-0.15, -0.1) is 0 Å². The average molecular weight is 478 g/mol. The zero-order valence-electron chi connectivity index (χ0n) is 15.9. The van der Waals surface area contributed by atoms with Gasteiger partial charge in [0.25, 0.3) is 5.16 Å². The summed E-state index contributed by atoms with van der Waals surface area (Å²) in [6.45, 7) is 0. The Bertz CT molecular complexity index is 1170. The van der Waals surface area contributed by atoms with E-state index in [1.807, 2.05) is 0 Å². The lowest BCUT2D eigenvalue weighted by Gasteiger charge is -2.12. The minimum atomic E-state index is -4.65. The van der Waals surface area contributed by atoms with Crippen LogP contribution in [0, 0.1) is 0 Å². The number of halogens is 6. The van der Waals surface area contributed by atoms with Crippen LogP contribution in [0.25, 0.3) is 0 Å². The van der Waals surface area contributed by atoms with Gasteiger partial charge in [-0.05, 0) is 36.4 Å². The van der Waals surface area contributed by atoms with E-state index >= 15 is 0 Å². The van der Waals surface area contributed by atoms with E-state index in [0.717, 1.165) is 36.6 Å². The van der Waals surface area contributed by atoms with Crippen LogP contribution in [0.2, 0.25) is 0 Å². The van der Waals surface area contributed by atoms with E-state index in [9.17, 15) is 34.8 Å². The van der Waals surface area contributed by atoms with Gasteiger partial charge in [0.05, 0.1) is 17.2 Å². The van der Waals surface area contributed by atoms with Crippen molar-refractivity contribution in [1.82, 2.24) is 9.97 Å². The van der Waals surface area contributed by atoms with Crippen LogP contribution in [0.3, 0.4) is 0 Å². The Balaban J connectivity index is 1.98. The highest BCUT2D eigenvalue weighted by Crippen LogP contribution is 2.35. The predicted octanol–water partition coefficient (Wildman–Crippen LogP) is 5.50. The van der Waals surface area contributed by atoms with Crippen molar-refractivity contribution in [2.45, 2.75) is 17.5 Å². The molecule has 0 fully saturated rings. The molecular weight excluding hydrogens is 466 g/mol. The lowest BCUT2D eigenvalue weighted by atomic mass is 10.2. The molecule has 6 nitrogen and oxygen atoms in total. The fourth-order valence-corrected chi connectivity index (χ4v) is 2.88.